The molecule has 0 aliphatic heterocycles. The van der Waals surface area contributed by atoms with E-state index in [-0.39, 0.29) is 0 Å². The van der Waals surface area contributed by atoms with Gasteiger partial charge in [0.05, 0.1) is 0 Å². The molecule has 2 heterocycles. The van der Waals surface area contributed by atoms with Crippen LogP contribution in [0.1, 0.15) is 37.0 Å². The quantitative estimate of drug-likeness (QED) is 0.860. The Morgan fingerprint density at radius 1 is 1.32 bits per heavy atom. The average Bonchev–Trinajstić information content (AvgIpc) is 2.86. The van der Waals surface area contributed by atoms with Crippen LogP contribution in [-0.2, 0) is 12.8 Å². The third-order valence-corrected chi connectivity index (χ3v) is 3.23. The van der Waals surface area contributed by atoms with Gasteiger partial charge in [-0.05, 0) is 31.5 Å². The van der Waals surface area contributed by atoms with Crippen LogP contribution in [-0.4, -0.2) is 28.2 Å². The third kappa shape index (κ3) is 3.86. The molecule has 0 amide bonds. The van der Waals surface area contributed by atoms with Crippen molar-refractivity contribution in [2.75, 3.05) is 7.05 Å². The van der Waals surface area contributed by atoms with Crippen molar-refractivity contribution in [1.29, 1.82) is 0 Å². The molecule has 0 aliphatic rings. The Hall–Kier alpha value is -1.75. The lowest BCUT2D eigenvalue weighted by molar-refractivity contribution is 0.365. The Kier molecular flexibility index (Phi) is 4.63. The number of hydrogen-bond donors (Lipinski definition) is 1. The first-order valence-corrected chi connectivity index (χ1v) is 6.57. The second-order valence-electron chi connectivity index (χ2n) is 4.89. The molecular formula is C14H20N4O. The van der Waals surface area contributed by atoms with Crippen LogP contribution in [0.3, 0.4) is 0 Å². The molecule has 0 bridgehead atoms. The maximum atomic E-state index is 5.29. The Morgan fingerprint density at radius 2 is 2.16 bits per heavy atom. The molecule has 0 fully saturated rings. The van der Waals surface area contributed by atoms with Gasteiger partial charge < -0.3 is 9.84 Å². The fraction of sp³-hybridized carbons (Fsp3) is 0.500. The number of nitrogens with one attached hydrogen (secondary N) is 1. The second-order valence-corrected chi connectivity index (χ2v) is 4.89. The van der Waals surface area contributed by atoms with Crippen LogP contribution in [0.2, 0.25) is 0 Å². The van der Waals surface area contributed by atoms with Crippen LogP contribution >= 0.6 is 0 Å². The highest BCUT2D eigenvalue weighted by Gasteiger charge is 2.13. The summed E-state index contributed by atoms with van der Waals surface area (Å²) in [5.41, 5.74) is 1.19. The van der Waals surface area contributed by atoms with Crippen molar-refractivity contribution in [3.8, 4) is 0 Å². The first kappa shape index (κ1) is 13.7. The lowest BCUT2D eigenvalue weighted by atomic mass is 10.00. The Bertz CT molecular complexity index is 497. The normalized spacial score (nSPS) is 14.3. The summed E-state index contributed by atoms with van der Waals surface area (Å²) < 4.78 is 5.29. The summed E-state index contributed by atoms with van der Waals surface area (Å²) in [4.78, 5) is 8.55. The zero-order valence-electron chi connectivity index (χ0n) is 11.6. The second kappa shape index (κ2) is 6.43. The largest absolute Gasteiger partial charge is 0.339 e. The minimum absolute atomic E-state index is 0.323. The molecule has 1 N–H and O–H groups in total. The molecule has 0 spiro atoms. The van der Waals surface area contributed by atoms with E-state index in [9.17, 15) is 0 Å². The van der Waals surface area contributed by atoms with Crippen molar-refractivity contribution < 1.29 is 4.52 Å². The summed E-state index contributed by atoms with van der Waals surface area (Å²) in [7, 11) is 1.93. The van der Waals surface area contributed by atoms with Gasteiger partial charge in [0.1, 0.15) is 0 Å². The first-order valence-electron chi connectivity index (χ1n) is 6.57. The minimum Gasteiger partial charge on any atom is -0.339 e. The van der Waals surface area contributed by atoms with Crippen molar-refractivity contribution in [2.24, 2.45) is 0 Å². The minimum atomic E-state index is 0.323. The number of rotatable bonds is 6. The molecule has 5 heteroatoms. The highest BCUT2D eigenvalue weighted by molar-refractivity contribution is 5.14. The molecule has 5 nitrogen and oxygen atoms in total. The van der Waals surface area contributed by atoms with Gasteiger partial charge in [0.2, 0.25) is 5.89 Å². The SMILES string of the molecule is CNC(C)Cc1noc(CC(C)c2cccnc2)n1. The number of nitrogens with zero attached hydrogens (tertiary/aromatic N) is 3. The van der Waals surface area contributed by atoms with Gasteiger partial charge in [-0.3, -0.25) is 4.98 Å². The van der Waals surface area contributed by atoms with E-state index < -0.39 is 0 Å². The highest BCUT2D eigenvalue weighted by Crippen LogP contribution is 2.18. The zero-order valence-corrected chi connectivity index (χ0v) is 11.6. The van der Waals surface area contributed by atoms with E-state index in [2.05, 4.69) is 40.4 Å². The first-order chi connectivity index (χ1) is 9.19. The van der Waals surface area contributed by atoms with Crippen LogP contribution < -0.4 is 5.32 Å². The molecule has 2 aromatic rings. The monoisotopic (exact) mass is 260 g/mol. The summed E-state index contributed by atoms with van der Waals surface area (Å²) in [6.45, 7) is 4.23. The van der Waals surface area contributed by atoms with Gasteiger partial charge in [0, 0.05) is 31.3 Å². The molecule has 2 atom stereocenters. The van der Waals surface area contributed by atoms with Crippen molar-refractivity contribution in [3.63, 3.8) is 0 Å². The van der Waals surface area contributed by atoms with Crippen LogP contribution in [0.15, 0.2) is 29.0 Å². The molecule has 2 unspecified atom stereocenters. The number of aromatic nitrogens is 3. The third-order valence-electron chi connectivity index (χ3n) is 3.23. The van der Waals surface area contributed by atoms with E-state index in [0.717, 1.165) is 18.7 Å². The lowest BCUT2D eigenvalue weighted by Gasteiger charge is -2.07. The highest BCUT2D eigenvalue weighted by atomic mass is 16.5. The molecule has 2 rings (SSSR count). The van der Waals surface area contributed by atoms with E-state index in [1.807, 2.05) is 19.3 Å². The van der Waals surface area contributed by atoms with Gasteiger partial charge in [-0.25, -0.2) is 0 Å². The van der Waals surface area contributed by atoms with Crippen molar-refractivity contribution in [2.45, 2.75) is 38.6 Å². The summed E-state index contributed by atoms with van der Waals surface area (Å²) in [6, 6.07) is 4.36. The maximum Gasteiger partial charge on any atom is 0.227 e. The molecule has 0 aliphatic carbocycles. The maximum absolute atomic E-state index is 5.29. The van der Waals surface area contributed by atoms with Crippen LogP contribution in [0.5, 0.6) is 0 Å². The smallest absolute Gasteiger partial charge is 0.227 e. The van der Waals surface area contributed by atoms with Gasteiger partial charge in [-0.2, -0.15) is 4.98 Å². The van der Waals surface area contributed by atoms with E-state index in [1.165, 1.54) is 5.56 Å². The molecule has 0 radical (unpaired) electrons. The van der Waals surface area contributed by atoms with Gasteiger partial charge in [-0.1, -0.05) is 18.1 Å². The van der Waals surface area contributed by atoms with E-state index >= 15 is 0 Å². The summed E-state index contributed by atoms with van der Waals surface area (Å²) in [5.74, 6) is 1.77. The van der Waals surface area contributed by atoms with Crippen molar-refractivity contribution >= 4 is 0 Å². The molecule has 0 saturated heterocycles. The molecule has 2 aromatic heterocycles. The predicted molar refractivity (Wildman–Crippen MR) is 72.9 cm³/mol. The molecular weight excluding hydrogens is 240 g/mol. The molecule has 0 saturated carbocycles. The fourth-order valence-corrected chi connectivity index (χ4v) is 1.88. The van der Waals surface area contributed by atoms with Crippen molar-refractivity contribution in [1.82, 2.24) is 20.4 Å². The number of likely N-dealkylation sites (N-methyl/N-ethyl adjacent to an activating group) is 1. The van der Waals surface area contributed by atoms with Gasteiger partial charge in [-0.15, -0.1) is 0 Å². The van der Waals surface area contributed by atoms with Crippen molar-refractivity contribution in [3.05, 3.63) is 41.8 Å². The Balaban J connectivity index is 1.96. The zero-order chi connectivity index (χ0) is 13.7. The van der Waals surface area contributed by atoms with Crippen LogP contribution in [0.25, 0.3) is 0 Å². The number of pyridine rings is 1. The van der Waals surface area contributed by atoms with E-state index in [1.54, 1.807) is 6.20 Å². The van der Waals surface area contributed by atoms with Gasteiger partial charge >= 0.3 is 0 Å². The predicted octanol–water partition coefficient (Wildman–Crippen LogP) is 1.96. The van der Waals surface area contributed by atoms with Crippen LogP contribution in [0, 0.1) is 0 Å². The Morgan fingerprint density at radius 3 is 2.84 bits per heavy atom. The topological polar surface area (TPSA) is 63.8 Å². The summed E-state index contributed by atoms with van der Waals surface area (Å²) in [6.07, 6.45) is 5.18. The standard InChI is InChI=1S/C14H20N4O/c1-10(12-5-4-6-16-9-12)7-14-17-13(18-19-14)8-11(2)15-3/h4-6,9-11,15H,7-8H2,1-3H3. The molecule has 19 heavy (non-hydrogen) atoms. The van der Waals surface area contributed by atoms with Gasteiger partial charge in [0.25, 0.3) is 0 Å². The fourth-order valence-electron chi connectivity index (χ4n) is 1.88. The Labute approximate surface area is 113 Å². The average molecular weight is 260 g/mol. The van der Waals surface area contributed by atoms with E-state index in [4.69, 9.17) is 4.52 Å². The van der Waals surface area contributed by atoms with Crippen LogP contribution in [0.4, 0.5) is 0 Å². The number of hydrogen-bond acceptors (Lipinski definition) is 5. The molecule has 0 aromatic carbocycles. The van der Waals surface area contributed by atoms with E-state index in [0.29, 0.717) is 17.9 Å². The summed E-state index contributed by atoms with van der Waals surface area (Å²) in [5, 5.41) is 7.17. The van der Waals surface area contributed by atoms with Gasteiger partial charge in [0.15, 0.2) is 5.82 Å². The lowest BCUT2D eigenvalue weighted by Crippen LogP contribution is -2.24. The summed E-state index contributed by atoms with van der Waals surface area (Å²) >= 11 is 0. The molecule has 102 valence electrons.